The Morgan fingerprint density at radius 2 is 1.58 bits per heavy atom. The number of H-pyrrole nitrogens is 1. The molecule has 0 amide bonds. The highest BCUT2D eigenvalue weighted by molar-refractivity contribution is 7.60. The minimum absolute atomic E-state index is 0.132. The van der Waals surface area contributed by atoms with Crippen molar-refractivity contribution in [1.29, 1.82) is 0 Å². The predicted molar refractivity (Wildman–Crippen MR) is 93.0 cm³/mol. The number of nitrogens with one attached hydrogen (secondary N) is 1. The van der Waals surface area contributed by atoms with Gasteiger partial charge in [-0.2, -0.15) is 0 Å². The number of nitrogens with zero attached hydrogens (tertiary/aromatic N) is 1. The first-order valence-electron chi connectivity index (χ1n) is 7.32. The van der Waals surface area contributed by atoms with E-state index in [2.05, 4.69) is 5.10 Å². The van der Waals surface area contributed by atoms with Crippen LogP contribution in [-0.4, -0.2) is 19.6 Å². The molecule has 0 fully saturated rings. The summed E-state index contributed by atoms with van der Waals surface area (Å²) in [5.74, 6) is 0. The molecule has 0 saturated carbocycles. The van der Waals surface area contributed by atoms with Gasteiger partial charge in [0.05, 0.1) is 11.4 Å². The molecule has 0 radical (unpaired) electrons. The monoisotopic (exact) mass is 344 g/mol. The molecule has 3 aromatic rings. The first kappa shape index (κ1) is 16.5. The third kappa shape index (κ3) is 2.99. The van der Waals surface area contributed by atoms with Gasteiger partial charge in [0.15, 0.2) is 5.30 Å². The summed E-state index contributed by atoms with van der Waals surface area (Å²) < 4.78 is 13.1. The molecule has 3 rings (SSSR count). The largest absolute Gasteiger partial charge is 0.364 e. The Kier molecular flexibility index (Phi) is 4.05. The van der Waals surface area contributed by atoms with Gasteiger partial charge in [-0.3, -0.25) is 14.5 Å². The molecule has 0 bridgehead atoms. The standard InChI is InChI=1S/C17H17N2O4P/c1-11-8-12(2)10-14(9-11)19-17(20)16(24(21,22)23)15(18-19)13-6-4-3-5-7-13/h3-10,18H,1-2H3,(H2,21,22,23). The van der Waals surface area contributed by atoms with Crippen LogP contribution in [0, 0.1) is 13.8 Å². The van der Waals surface area contributed by atoms with Crippen LogP contribution in [0.1, 0.15) is 11.1 Å². The minimum Gasteiger partial charge on any atom is -0.321 e. The van der Waals surface area contributed by atoms with Gasteiger partial charge >= 0.3 is 7.60 Å². The summed E-state index contributed by atoms with van der Waals surface area (Å²) in [6.45, 7) is 3.79. The average Bonchev–Trinajstić information content (AvgIpc) is 2.85. The molecule has 1 heterocycles. The second-order valence-corrected chi connectivity index (χ2v) is 7.27. The van der Waals surface area contributed by atoms with Crippen molar-refractivity contribution in [1.82, 2.24) is 9.78 Å². The summed E-state index contributed by atoms with van der Waals surface area (Å²) in [7, 11) is -4.75. The predicted octanol–water partition coefficient (Wildman–Crippen LogP) is 2.25. The second-order valence-electron chi connectivity index (χ2n) is 5.73. The molecule has 3 N–H and O–H groups in total. The molecule has 6 nitrogen and oxygen atoms in total. The lowest BCUT2D eigenvalue weighted by Gasteiger charge is -2.05. The van der Waals surface area contributed by atoms with Crippen molar-refractivity contribution in [2.75, 3.05) is 0 Å². The third-order valence-electron chi connectivity index (χ3n) is 3.68. The number of hydrogen-bond acceptors (Lipinski definition) is 2. The van der Waals surface area contributed by atoms with E-state index in [1.165, 1.54) is 4.68 Å². The number of rotatable bonds is 3. The molecule has 0 saturated heterocycles. The molecule has 0 atom stereocenters. The zero-order chi connectivity index (χ0) is 17.5. The SMILES string of the molecule is Cc1cc(C)cc(-n2[nH]c(-c3ccccc3)c(P(=O)(O)O)c2=O)c1. The Morgan fingerprint density at radius 3 is 2.12 bits per heavy atom. The van der Waals surface area contributed by atoms with Gasteiger partial charge in [-0.25, -0.2) is 4.68 Å². The van der Waals surface area contributed by atoms with E-state index in [4.69, 9.17) is 0 Å². The Balaban J connectivity index is 2.33. The summed E-state index contributed by atoms with van der Waals surface area (Å²) in [5, 5.41) is 2.34. The van der Waals surface area contributed by atoms with Crippen LogP contribution in [0.25, 0.3) is 16.9 Å². The van der Waals surface area contributed by atoms with Crippen molar-refractivity contribution in [3.63, 3.8) is 0 Å². The molecule has 7 heteroatoms. The van der Waals surface area contributed by atoms with Gasteiger partial charge in [-0.1, -0.05) is 36.4 Å². The molecule has 0 aliphatic carbocycles. The van der Waals surface area contributed by atoms with E-state index < -0.39 is 18.5 Å². The fourth-order valence-electron chi connectivity index (χ4n) is 2.77. The Morgan fingerprint density at radius 1 is 1.00 bits per heavy atom. The first-order chi connectivity index (χ1) is 11.3. The van der Waals surface area contributed by atoms with Crippen LogP contribution in [0.15, 0.2) is 53.3 Å². The van der Waals surface area contributed by atoms with Gasteiger partial charge in [0, 0.05) is 5.56 Å². The van der Waals surface area contributed by atoms with E-state index in [1.54, 1.807) is 42.5 Å². The van der Waals surface area contributed by atoms with E-state index in [0.717, 1.165) is 11.1 Å². The van der Waals surface area contributed by atoms with Crippen molar-refractivity contribution in [3.8, 4) is 16.9 Å². The highest BCUT2D eigenvalue weighted by Gasteiger charge is 2.30. The molecule has 0 spiro atoms. The van der Waals surface area contributed by atoms with Crippen molar-refractivity contribution in [3.05, 3.63) is 70.0 Å². The topological polar surface area (TPSA) is 95.3 Å². The first-order valence-corrected chi connectivity index (χ1v) is 8.94. The van der Waals surface area contributed by atoms with E-state index in [-0.39, 0.29) is 5.69 Å². The molecule has 24 heavy (non-hydrogen) atoms. The van der Waals surface area contributed by atoms with E-state index in [9.17, 15) is 19.1 Å². The van der Waals surface area contributed by atoms with Crippen LogP contribution in [0.2, 0.25) is 0 Å². The molecular formula is C17H17N2O4P. The zero-order valence-corrected chi connectivity index (χ0v) is 14.1. The maximum atomic E-state index is 12.7. The lowest BCUT2D eigenvalue weighted by atomic mass is 10.1. The third-order valence-corrected chi connectivity index (χ3v) is 4.68. The number of hydrogen-bond donors (Lipinski definition) is 3. The summed E-state index contributed by atoms with van der Waals surface area (Å²) in [4.78, 5) is 32.0. The fourth-order valence-corrected chi connectivity index (χ4v) is 3.59. The summed E-state index contributed by atoms with van der Waals surface area (Å²) in [6.07, 6.45) is 0. The highest BCUT2D eigenvalue weighted by Crippen LogP contribution is 2.35. The van der Waals surface area contributed by atoms with Crippen molar-refractivity contribution >= 4 is 12.9 Å². The number of benzene rings is 2. The number of aromatic amines is 1. The molecular weight excluding hydrogens is 327 g/mol. The molecule has 124 valence electrons. The maximum Gasteiger partial charge on any atom is 0.364 e. The molecule has 0 unspecified atom stereocenters. The van der Waals surface area contributed by atoms with Gasteiger partial charge in [0.25, 0.3) is 5.56 Å². The quantitative estimate of drug-likeness (QED) is 0.635. The van der Waals surface area contributed by atoms with Gasteiger partial charge in [-0.15, -0.1) is 0 Å². The van der Waals surface area contributed by atoms with Gasteiger partial charge in [-0.05, 0) is 37.1 Å². The molecule has 2 aromatic carbocycles. The summed E-state index contributed by atoms with van der Waals surface area (Å²) in [5.41, 5.74) is 2.36. The smallest absolute Gasteiger partial charge is 0.321 e. The van der Waals surface area contributed by atoms with Crippen LogP contribution in [0.3, 0.4) is 0 Å². The summed E-state index contributed by atoms with van der Waals surface area (Å²) >= 11 is 0. The Hall–Kier alpha value is -2.40. The fraction of sp³-hybridized carbons (Fsp3) is 0.118. The normalized spacial score (nSPS) is 11.7. The lowest BCUT2D eigenvalue weighted by Crippen LogP contribution is -2.28. The van der Waals surface area contributed by atoms with E-state index in [1.807, 2.05) is 19.9 Å². The Bertz CT molecular complexity index is 979. The molecule has 0 aliphatic heterocycles. The van der Waals surface area contributed by atoms with Crippen LogP contribution in [0.4, 0.5) is 0 Å². The Labute approximate surface area is 138 Å². The lowest BCUT2D eigenvalue weighted by molar-refractivity contribution is 0.387. The highest BCUT2D eigenvalue weighted by atomic mass is 31.2. The maximum absolute atomic E-state index is 12.7. The van der Waals surface area contributed by atoms with Crippen molar-refractivity contribution < 1.29 is 14.4 Å². The average molecular weight is 344 g/mol. The zero-order valence-electron chi connectivity index (χ0n) is 13.2. The number of aromatic nitrogens is 2. The van der Waals surface area contributed by atoms with Crippen molar-refractivity contribution in [2.24, 2.45) is 0 Å². The minimum atomic E-state index is -4.75. The second kappa shape index (κ2) is 5.91. The van der Waals surface area contributed by atoms with E-state index in [0.29, 0.717) is 11.3 Å². The van der Waals surface area contributed by atoms with Gasteiger partial charge < -0.3 is 9.79 Å². The van der Waals surface area contributed by atoms with E-state index >= 15 is 0 Å². The molecule has 0 aliphatic rings. The van der Waals surface area contributed by atoms with Crippen LogP contribution < -0.4 is 10.9 Å². The van der Waals surface area contributed by atoms with Crippen molar-refractivity contribution in [2.45, 2.75) is 13.8 Å². The molecule has 1 aromatic heterocycles. The summed E-state index contributed by atoms with van der Waals surface area (Å²) in [6, 6.07) is 14.2. The van der Waals surface area contributed by atoms with Gasteiger partial charge in [0.2, 0.25) is 0 Å². The van der Waals surface area contributed by atoms with Crippen LogP contribution in [0.5, 0.6) is 0 Å². The van der Waals surface area contributed by atoms with Gasteiger partial charge in [0.1, 0.15) is 0 Å². The number of aryl methyl sites for hydroxylation is 2. The van der Waals surface area contributed by atoms with Crippen LogP contribution >= 0.6 is 7.60 Å². The van der Waals surface area contributed by atoms with Crippen LogP contribution in [-0.2, 0) is 4.57 Å².